The molecule has 102 valence electrons. The molecule has 5 heteroatoms. The summed E-state index contributed by atoms with van der Waals surface area (Å²) < 4.78 is 0. The Morgan fingerprint density at radius 3 is 2.47 bits per heavy atom. The standard InChI is InChI=1S/C14H23NO3.K/c1-2-3-4-5-6-7-8-9-12-15-13(16)10-11-14(17)18;/h4-5,10-11H,2-3,6-9,12H2,1H3,(H,15,16)(H,17,18);/q;+1/p-1/b5-4+,11-10+;. The molecule has 0 aromatic heterocycles. The van der Waals surface area contributed by atoms with Crippen LogP contribution in [0.5, 0.6) is 0 Å². The SMILES string of the molecule is CCC/C=C/CCCCCN=C([O-])/C=C/C(=O)O.[K+]. The van der Waals surface area contributed by atoms with Crippen molar-refractivity contribution < 1.29 is 66.4 Å². The van der Waals surface area contributed by atoms with Crippen LogP contribution in [-0.2, 0) is 4.79 Å². The molecule has 0 atom stereocenters. The van der Waals surface area contributed by atoms with Crippen LogP contribution in [0.4, 0.5) is 0 Å². The number of unbranched alkanes of at least 4 members (excludes halogenated alkanes) is 4. The Kier molecular flexibility index (Phi) is 18.1. The third-order valence-corrected chi connectivity index (χ3v) is 2.29. The van der Waals surface area contributed by atoms with Crippen molar-refractivity contribution in [2.24, 2.45) is 4.99 Å². The van der Waals surface area contributed by atoms with Gasteiger partial charge in [-0.1, -0.05) is 31.9 Å². The molecule has 0 aromatic rings. The van der Waals surface area contributed by atoms with Crippen molar-refractivity contribution in [1.82, 2.24) is 0 Å². The minimum absolute atomic E-state index is 0. The first-order valence-corrected chi connectivity index (χ1v) is 6.44. The topological polar surface area (TPSA) is 72.7 Å². The van der Waals surface area contributed by atoms with Crippen molar-refractivity contribution >= 4 is 11.9 Å². The van der Waals surface area contributed by atoms with Crippen LogP contribution in [0.2, 0.25) is 0 Å². The fourth-order valence-corrected chi connectivity index (χ4v) is 1.34. The number of aliphatic imine (C=N–C) groups is 1. The summed E-state index contributed by atoms with van der Waals surface area (Å²) in [6.07, 6.45) is 12.6. The normalized spacial score (nSPS) is 11.9. The second-order valence-electron chi connectivity index (χ2n) is 4.00. The van der Waals surface area contributed by atoms with Crippen LogP contribution in [0.25, 0.3) is 0 Å². The number of nitrogens with zero attached hydrogens (tertiary/aromatic N) is 1. The summed E-state index contributed by atoms with van der Waals surface area (Å²) in [5.74, 6) is -1.60. The molecule has 1 N–H and O–H groups in total. The van der Waals surface area contributed by atoms with Crippen molar-refractivity contribution in [3.8, 4) is 0 Å². The van der Waals surface area contributed by atoms with E-state index < -0.39 is 11.9 Å². The molecule has 0 amide bonds. The maximum absolute atomic E-state index is 11.0. The molecule has 0 heterocycles. The van der Waals surface area contributed by atoms with Crippen molar-refractivity contribution in [3.05, 3.63) is 24.3 Å². The quantitative estimate of drug-likeness (QED) is 0.145. The zero-order valence-corrected chi connectivity index (χ0v) is 15.1. The number of hydrogen-bond acceptors (Lipinski definition) is 3. The first kappa shape index (κ1) is 21.4. The number of hydrogen-bond donors (Lipinski definition) is 1. The Morgan fingerprint density at radius 2 is 1.84 bits per heavy atom. The maximum atomic E-state index is 11.0. The molecule has 0 radical (unpaired) electrons. The molecule has 0 spiro atoms. The van der Waals surface area contributed by atoms with Crippen LogP contribution >= 0.6 is 0 Å². The van der Waals surface area contributed by atoms with Crippen LogP contribution in [0.3, 0.4) is 0 Å². The predicted octanol–water partition coefficient (Wildman–Crippen LogP) is -0.693. The molecule has 0 aliphatic rings. The Morgan fingerprint density at radius 1 is 1.16 bits per heavy atom. The van der Waals surface area contributed by atoms with E-state index in [4.69, 9.17) is 5.11 Å². The first-order valence-electron chi connectivity index (χ1n) is 6.44. The third kappa shape index (κ3) is 18.1. The van der Waals surface area contributed by atoms with Crippen LogP contribution < -0.4 is 56.5 Å². The average molecular weight is 291 g/mol. The van der Waals surface area contributed by atoms with Crippen molar-refractivity contribution in [2.75, 3.05) is 6.54 Å². The van der Waals surface area contributed by atoms with E-state index in [0.29, 0.717) is 6.54 Å². The first-order chi connectivity index (χ1) is 8.66. The fraction of sp³-hybridized carbons (Fsp3) is 0.571. The van der Waals surface area contributed by atoms with Gasteiger partial charge >= 0.3 is 57.4 Å². The second-order valence-corrected chi connectivity index (χ2v) is 4.00. The predicted molar refractivity (Wildman–Crippen MR) is 71.6 cm³/mol. The molecule has 19 heavy (non-hydrogen) atoms. The molecule has 0 unspecified atom stereocenters. The number of carboxylic acids is 1. The summed E-state index contributed by atoms with van der Waals surface area (Å²) in [4.78, 5) is 13.9. The smallest absolute Gasteiger partial charge is 0.859 e. The monoisotopic (exact) mass is 291 g/mol. The minimum Gasteiger partial charge on any atom is -0.859 e. The van der Waals surface area contributed by atoms with Gasteiger partial charge in [0.1, 0.15) is 0 Å². The van der Waals surface area contributed by atoms with Gasteiger partial charge in [0.25, 0.3) is 0 Å². The zero-order valence-electron chi connectivity index (χ0n) is 12.0. The molecule has 0 aliphatic carbocycles. The number of rotatable bonds is 10. The average Bonchev–Trinajstić information content (AvgIpc) is 2.34. The molecule has 0 rings (SSSR count). The minimum atomic E-state index is -1.13. The summed E-state index contributed by atoms with van der Waals surface area (Å²) in [7, 11) is 0. The van der Waals surface area contributed by atoms with E-state index >= 15 is 0 Å². The molecule has 0 bridgehead atoms. The fourth-order valence-electron chi connectivity index (χ4n) is 1.34. The van der Waals surface area contributed by atoms with Gasteiger partial charge in [0.2, 0.25) is 0 Å². The second kappa shape index (κ2) is 16.1. The number of aliphatic carboxylic acids is 1. The van der Waals surface area contributed by atoms with Gasteiger partial charge in [-0.05, 0) is 37.7 Å². The van der Waals surface area contributed by atoms with Gasteiger partial charge in [-0.25, -0.2) is 4.79 Å². The molecule has 0 saturated carbocycles. The zero-order chi connectivity index (χ0) is 13.6. The van der Waals surface area contributed by atoms with Crippen molar-refractivity contribution in [1.29, 1.82) is 0 Å². The van der Waals surface area contributed by atoms with Gasteiger partial charge in [-0.3, -0.25) is 0 Å². The molecular formula is C14H22KNO3. The van der Waals surface area contributed by atoms with E-state index in [1.165, 1.54) is 6.42 Å². The number of allylic oxidation sites excluding steroid dienone is 2. The van der Waals surface area contributed by atoms with Gasteiger partial charge in [-0.2, -0.15) is 0 Å². The largest absolute Gasteiger partial charge is 1.00 e. The van der Waals surface area contributed by atoms with Crippen LogP contribution in [-0.4, -0.2) is 23.5 Å². The molecular weight excluding hydrogens is 269 g/mol. The van der Waals surface area contributed by atoms with Gasteiger partial charge in [-0.15, -0.1) is 0 Å². The Balaban J connectivity index is 0. The van der Waals surface area contributed by atoms with Gasteiger partial charge in [0, 0.05) is 12.6 Å². The maximum Gasteiger partial charge on any atom is 1.00 e. The van der Waals surface area contributed by atoms with Crippen molar-refractivity contribution in [3.63, 3.8) is 0 Å². The number of carboxylic acid groups (broad SMARTS) is 1. The summed E-state index contributed by atoms with van der Waals surface area (Å²) in [6, 6.07) is 0. The summed E-state index contributed by atoms with van der Waals surface area (Å²) >= 11 is 0. The number of carbonyl (C=O) groups is 1. The van der Waals surface area contributed by atoms with Crippen molar-refractivity contribution in [2.45, 2.75) is 45.4 Å². The summed E-state index contributed by atoms with van der Waals surface area (Å²) in [5, 5.41) is 19.3. The van der Waals surface area contributed by atoms with E-state index in [1.807, 2.05) is 0 Å². The Bertz CT molecular complexity index is 312. The Labute approximate surface area is 158 Å². The van der Waals surface area contributed by atoms with E-state index in [2.05, 4.69) is 24.1 Å². The molecule has 0 saturated heterocycles. The van der Waals surface area contributed by atoms with Gasteiger partial charge in [0.05, 0.1) is 0 Å². The van der Waals surface area contributed by atoms with E-state index in [-0.39, 0.29) is 51.4 Å². The van der Waals surface area contributed by atoms with Gasteiger partial charge < -0.3 is 15.2 Å². The van der Waals surface area contributed by atoms with E-state index in [9.17, 15) is 9.90 Å². The molecule has 0 aromatic carbocycles. The summed E-state index contributed by atoms with van der Waals surface area (Å²) in [5.41, 5.74) is 0. The third-order valence-electron chi connectivity index (χ3n) is 2.29. The van der Waals surface area contributed by atoms with Gasteiger partial charge in [0.15, 0.2) is 0 Å². The van der Waals surface area contributed by atoms with Crippen LogP contribution in [0.1, 0.15) is 45.4 Å². The summed E-state index contributed by atoms with van der Waals surface area (Å²) in [6.45, 7) is 2.63. The molecule has 0 fully saturated rings. The van der Waals surface area contributed by atoms with E-state index in [1.54, 1.807) is 0 Å². The van der Waals surface area contributed by atoms with E-state index in [0.717, 1.165) is 44.3 Å². The molecule has 4 nitrogen and oxygen atoms in total. The Hall–Kier alpha value is 0.0564. The van der Waals surface area contributed by atoms with Crippen LogP contribution in [0, 0.1) is 0 Å². The van der Waals surface area contributed by atoms with Crippen LogP contribution in [0.15, 0.2) is 29.3 Å². The molecule has 0 aliphatic heterocycles.